The Labute approximate surface area is 193 Å². The van der Waals surface area contributed by atoms with Crippen molar-refractivity contribution >= 4 is 29.3 Å². The monoisotopic (exact) mass is 478 g/mol. The average molecular weight is 478 g/mol. The Morgan fingerprint density at radius 1 is 1.24 bits per heavy atom. The molecular formula is C21H25F3N8O2. The van der Waals surface area contributed by atoms with Crippen LogP contribution in [0.15, 0.2) is 12.3 Å². The summed E-state index contributed by atoms with van der Waals surface area (Å²) < 4.78 is 38.9. The number of halogens is 3. The van der Waals surface area contributed by atoms with Gasteiger partial charge >= 0.3 is 6.18 Å². The van der Waals surface area contributed by atoms with Crippen molar-refractivity contribution in [2.24, 2.45) is 0 Å². The molecule has 2 aromatic heterocycles. The van der Waals surface area contributed by atoms with Gasteiger partial charge in [0, 0.05) is 31.9 Å². The minimum atomic E-state index is -4.54. The molecule has 1 fully saturated rings. The number of carbonyl (C=O) groups excluding carboxylic acids is 2. The zero-order chi connectivity index (χ0) is 24.2. The number of hydrogen-bond donors (Lipinski definition) is 2. The normalized spacial score (nSPS) is 23.9. The van der Waals surface area contributed by atoms with E-state index in [4.69, 9.17) is 0 Å². The lowest BCUT2D eigenvalue weighted by molar-refractivity contribution is -0.141. The Bertz CT molecular complexity index is 1130. The fourth-order valence-electron chi connectivity index (χ4n) is 4.62. The topological polar surface area (TPSA) is 108 Å². The quantitative estimate of drug-likeness (QED) is 0.672. The second-order valence-electron chi connectivity index (χ2n) is 9.02. The lowest BCUT2D eigenvalue weighted by Crippen LogP contribution is -2.53. The van der Waals surface area contributed by atoms with Crippen LogP contribution < -0.4 is 20.4 Å². The Balaban J connectivity index is 1.18. The molecule has 1 aliphatic carbocycles. The van der Waals surface area contributed by atoms with Crippen LogP contribution in [-0.2, 0) is 28.7 Å². The van der Waals surface area contributed by atoms with Crippen LogP contribution in [0.25, 0.3) is 0 Å². The van der Waals surface area contributed by atoms with Gasteiger partial charge in [0.25, 0.3) is 0 Å². The molecule has 10 nitrogen and oxygen atoms in total. The summed E-state index contributed by atoms with van der Waals surface area (Å²) in [4.78, 5) is 37.8. The van der Waals surface area contributed by atoms with Crippen LogP contribution in [0.4, 0.5) is 30.6 Å². The molecule has 1 atom stereocenters. The van der Waals surface area contributed by atoms with Crippen LogP contribution in [0, 0.1) is 0 Å². The molecule has 2 aliphatic heterocycles. The van der Waals surface area contributed by atoms with Crippen molar-refractivity contribution in [1.82, 2.24) is 25.1 Å². The number of hydrogen-bond acceptors (Lipinski definition) is 7. The molecule has 5 rings (SSSR count). The first kappa shape index (κ1) is 22.4. The number of rotatable bonds is 5. The zero-order valence-electron chi connectivity index (χ0n) is 18.8. The van der Waals surface area contributed by atoms with Gasteiger partial charge in [-0.05, 0) is 38.7 Å². The predicted octanol–water partition coefficient (Wildman–Crippen LogP) is 1.57. The molecule has 0 saturated heterocycles. The maximum Gasteiger partial charge on any atom is 0.435 e. The number of nitrogens with zero attached hydrogens (tertiary/aromatic N) is 6. The first-order valence-electron chi connectivity index (χ1n) is 11.2. The summed E-state index contributed by atoms with van der Waals surface area (Å²) in [6.45, 7) is 2.26. The van der Waals surface area contributed by atoms with E-state index in [-0.39, 0.29) is 30.6 Å². The van der Waals surface area contributed by atoms with Gasteiger partial charge in [-0.25, -0.2) is 4.98 Å². The highest BCUT2D eigenvalue weighted by atomic mass is 19.4. The summed E-state index contributed by atoms with van der Waals surface area (Å²) in [5.74, 6) is 0.897. The number of aryl methyl sites for hydroxylation is 1. The standard InChI is InChI=1S/C21H25F3N8O2/c1-11-19(34)32-6-3-4-14-17(32)18(30(11)2)28-20(27-14)26-13-8-12(9-13)25-16(33)10-31-7-5-15(29-31)21(22,23)24/h5,7,11-13H,3-4,6,8-10H2,1-2H3,(H,25,33)(H,26,27,28)/t11-,12?,13?/m0/s1. The largest absolute Gasteiger partial charge is 0.435 e. The fourth-order valence-corrected chi connectivity index (χ4v) is 4.62. The predicted molar refractivity (Wildman–Crippen MR) is 116 cm³/mol. The molecule has 1 saturated carbocycles. The Morgan fingerprint density at radius 2 is 2.00 bits per heavy atom. The minimum absolute atomic E-state index is 0.0579. The van der Waals surface area contributed by atoms with Crippen LogP contribution in [0.2, 0.25) is 0 Å². The Morgan fingerprint density at radius 3 is 2.71 bits per heavy atom. The zero-order valence-corrected chi connectivity index (χ0v) is 18.8. The van der Waals surface area contributed by atoms with Crippen molar-refractivity contribution < 1.29 is 22.8 Å². The molecule has 2 amide bonds. The molecule has 0 radical (unpaired) electrons. The minimum Gasteiger partial charge on any atom is -0.352 e. The average Bonchev–Trinajstić information content (AvgIpc) is 3.23. The van der Waals surface area contributed by atoms with Gasteiger partial charge in [-0.15, -0.1) is 0 Å². The number of carbonyl (C=O) groups is 2. The second-order valence-corrected chi connectivity index (χ2v) is 9.02. The number of likely N-dealkylation sites (N-methyl/N-ethyl adjacent to an activating group) is 1. The highest BCUT2D eigenvalue weighted by Gasteiger charge is 2.39. The molecule has 3 aliphatic rings. The van der Waals surface area contributed by atoms with Crippen molar-refractivity contribution in [2.45, 2.75) is 63.5 Å². The van der Waals surface area contributed by atoms with E-state index in [1.807, 2.05) is 18.9 Å². The third-order valence-electron chi connectivity index (χ3n) is 6.61. The van der Waals surface area contributed by atoms with Gasteiger partial charge in [0.15, 0.2) is 11.5 Å². The van der Waals surface area contributed by atoms with Gasteiger partial charge in [0.2, 0.25) is 17.8 Å². The van der Waals surface area contributed by atoms with Gasteiger partial charge in [-0.2, -0.15) is 23.3 Å². The molecule has 0 aromatic carbocycles. The van der Waals surface area contributed by atoms with E-state index < -0.39 is 17.8 Å². The molecule has 2 aromatic rings. The SMILES string of the molecule is C[C@H]1C(=O)N2CCCc3nc(NC4CC(NC(=O)Cn5ccc(C(F)(F)F)n5)C4)nc(c32)N1C. The van der Waals surface area contributed by atoms with E-state index in [2.05, 4.69) is 25.7 Å². The lowest BCUT2D eigenvalue weighted by atomic mass is 9.87. The Kier molecular flexibility index (Phi) is 5.36. The van der Waals surface area contributed by atoms with Gasteiger partial charge in [0.1, 0.15) is 18.3 Å². The second kappa shape index (κ2) is 8.13. The first-order chi connectivity index (χ1) is 16.1. The van der Waals surface area contributed by atoms with Gasteiger partial charge in [-0.1, -0.05) is 0 Å². The molecule has 4 heterocycles. The van der Waals surface area contributed by atoms with Crippen LogP contribution in [0.3, 0.4) is 0 Å². The maximum absolute atomic E-state index is 12.6. The molecule has 0 bridgehead atoms. The van der Waals surface area contributed by atoms with Crippen molar-refractivity contribution in [3.63, 3.8) is 0 Å². The number of amides is 2. The van der Waals surface area contributed by atoms with Gasteiger partial charge in [0.05, 0.1) is 5.69 Å². The summed E-state index contributed by atoms with van der Waals surface area (Å²) in [5.41, 5.74) is 0.630. The first-order valence-corrected chi connectivity index (χ1v) is 11.2. The number of nitrogens with one attached hydrogen (secondary N) is 2. The number of anilines is 3. The van der Waals surface area contributed by atoms with E-state index in [1.165, 1.54) is 0 Å². The van der Waals surface area contributed by atoms with Crippen LogP contribution >= 0.6 is 0 Å². The highest BCUT2D eigenvalue weighted by Crippen LogP contribution is 2.40. The van der Waals surface area contributed by atoms with Crippen molar-refractivity contribution in [2.75, 3.05) is 28.7 Å². The third kappa shape index (κ3) is 4.03. The molecule has 13 heteroatoms. The van der Waals surface area contributed by atoms with E-state index >= 15 is 0 Å². The van der Waals surface area contributed by atoms with Crippen molar-refractivity contribution in [3.05, 3.63) is 23.7 Å². The van der Waals surface area contributed by atoms with Crippen molar-refractivity contribution in [1.29, 1.82) is 0 Å². The summed E-state index contributed by atoms with van der Waals surface area (Å²) in [6.07, 6.45) is -0.481. The van der Waals surface area contributed by atoms with Crippen LogP contribution in [0.5, 0.6) is 0 Å². The molecule has 0 unspecified atom stereocenters. The summed E-state index contributed by atoms with van der Waals surface area (Å²) >= 11 is 0. The van der Waals surface area contributed by atoms with E-state index in [0.717, 1.165) is 47.0 Å². The summed E-state index contributed by atoms with van der Waals surface area (Å²) in [7, 11) is 1.85. The Hall–Kier alpha value is -3.38. The number of alkyl halides is 3. The van der Waals surface area contributed by atoms with Gasteiger partial charge in [-0.3, -0.25) is 14.3 Å². The van der Waals surface area contributed by atoms with Crippen molar-refractivity contribution in [3.8, 4) is 0 Å². The van der Waals surface area contributed by atoms with E-state index in [0.29, 0.717) is 25.3 Å². The summed E-state index contributed by atoms with van der Waals surface area (Å²) in [5, 5.41) is 9.53. The fraction of sp³-hybridized carbons (Fsp3) is 0.571. The molecule has 2 N–H and O–H groups in total. The van der Waals surface area contributed by atoms with E-state index in [9.17, 15) is 22.8 Å². The summed E-state index contributed by atoms with van der Waals surface area (Å²) in [6, 6.07) is 0.515. The lowest BCUT2D eigenvalue weighted by Gasteiger charge is -2.42. The molecule has 182 valence electrons. The third-order valence-corrected chi connectivity index (χ3v) is 6.61. The molecule has 0 spiro atoms. The van der Waals surface area contributed by atoms with Crippen LogP contribution in [0.1, 0.15) is 37.6 Å². The molecule has 34 heavy (non-hydrogen) atoms. The van der Waals surface area contributed by atoms with E-state index in [1.54, 1.807) is 4.90 Å². The smallest absolute Gasteiger partial charge is 0.352 e. The van der Waals surface area contributed by atoms with Gasteiger partial charge < -0.3 is 20.4 Å². The van der Waals surface area contributed by atoms with Crippen LogP contribution in [-0.4, -0.2) is 63.3 Å². The maximum atomic E-state index is 12.6. The molecular weight excluding hydrogens is 453 g/mol. The highest BCUT2D eigenvalue weighted by molar-refractivity contribution is 6.05. The number of aromatic nitrogens is 4.